The van der Waals surface area contributed by atoms with Gasteiger partial charge in [-0.15, -0.1) is 0 Å². The van der Waals surface area contributed by atoms with Crippen molar-refractivity contribution in [2.24, 2.45) is 0 Å². The van der Waals surface area contributed by atoms with Crippen LogP contribution >= 0.6 is 0 Å². The van der Waals surface area contributed by atoms with Crippen LogP contribution < -0.4 is 38.4 Å². The smallest absolute Gasteiger partial charge is 0.894 e. The summed E-state index contributed by atoms with van der Waals surface area (Å²) in [4.78, 5) is 68.6. The van der Waals surface area contributed by atoms with Crippen LogP contribution in [0, 0.1) is 0 Å². The minimum Gasteiger partial charge on any atom is -0.894 e. The van der Waals surface area contributed by atoms with Crippen LogP contribution in [0.1, 0.15) is 0 Å². The average Bonchev–Trinajstić information content (AvgIpc) is 1.12. The van der Waals surface area contributed by atoms with E-state index in [1.807, 2.05) is 0 Å². The molecular formula is AlO8Si2V. The van der Waals surface area contributed by atoms with Crippen molar-refractivity contribution in [3.63, 3.8) is 0 Å². The van der Waals surface area contributed by atoms with Gasteiger partial charge in [-0.1, -0.05) is 0 Å². The van der Waals surface area contributed by atoms with E-state index in [1.54, 1.807) is 0 Å². The van der Waals surface area contributed by atoms with E-state index in [1.165, 1.54) is 0 Å². The number of hydrogen-bond acceptors (Lipinski definition) is 8. The average molecular weight is 262 g/mol. The van der Waals surface area contributed by atoms with Gasteiger partial charge in [0.2, 0.25) is 0 Å². The second-order valence-electron chi connectivity index (χ2n) is 1.00. The topological polar surface area (TPSA) is 184 Å². The third-order valence-corrected chi connectivity index (χ3v) is 0. The molecule has 12 heavy (non-hydrogen) atoms. The van der Waals surface area contributed by atoms with E-state index < -0.39 is 18.1 Å². The quantitative estimate of drug-likeness (QED) is 0.385. The normalized spacial score (nSPS) is 10.0. The van der Waals surface area contributed by atoms with Crippen molar-refractivity contribution in [2.45, 2.75) is 0 Å². The van der Waals surface area contributed by atoms with Crippen molar-refractivity contribution in [1.82, 2.24) is 0 Å². The summed E-state index contributed by atoms with van der Waals surface area (Å²) in [6, 6.07) is 0. The molecule has 0 atom stereocenters. The predicted molar refractivity (Wildman–Crippen MR) is 17.3 cm³/mol. The SMILES string of the molecule is [Al+3].[O-][Si]([O-])([O-])[O-].[O-][Si]([O-])([O-])[O-].[V+5]. The van der Waals surface area contributed by atoms with Crippen molar-refractivity contribution in [3.8, 4) is 0 Å². The zero-order valence-electron chi connectivity index (χ0n) is 5.29. The van der Waals surface area contributed by atoms with E-state index in [0.717, 1.165) is 0 Å². The summed E-state index contributed by atoms with van der Waals surface area (Å²) >= 11 is 0. The molecule has 0 rings (SSSR count). The molecule has 8 nitrogen and oxygen atoms in total. The fourth-order valence-electron chi connectivity index (χ4n) is 0. The van der Waals surface area contributed by atoms with Crippen LogP contribution in [0.2, 0.25) is 0 Å². The predicted octanol–water partition coefficient (Wildman–Crippen LogP) is -10.7. The van der Waals surface area contributed by atoms with Crippen LogP contribution in [0.3, 0.4) is 0 Å². The summed E-state index contributed by atoms with van der Waals surface area (Å²) in [6.07, 6.45) is 0. The molecule has 0 spiro atoms. The van der Waals surface area contributed by atoms with Gasteiger partial charge >= 0.3 is 35.9 Å². The molecule has 0 aliphatic rings. The minimum atomic E-state index is -5.61. The van der Waals surface area contributed by atoms with Crippen molar-refractivity contribution >= 4 is 35.5 Å². The van der Waals surface area contributed by atoms with Gasteiger partial charge in [0.15, 0.2) is 0 Å². The molecule has 0 bridgehead atoms. The summed E-state index contributed by atoms with van der Waals surface area (Å²) in [7, 11) is -11.2. The van der Waals surface area contributed by atoms with E-state index in [4.69, 9.17) is 38.4 Å². The van der Waals surface area contributed by atoms with Crippen LogP contribution in [0.5, 0.6) is 0 Å². The van der Waals surface area contributed by atoms with Crippen LogP contribution in [0.15, 0.2) is 0 Å². The molecule has 0 aromatic heterocycles. The first kappa shape index (κ1) is 23.2. The molecule has 0 aromatic rings. The van der Waals surface area contributed by atoms with E-state index in [0.29, 0.717) is 0 Å². The van der Waals surface area contributed by atoms with Crippen LogP contribution in [-0.4, -0.2) is 35.5 Å². The molecule has 0 heterocycles. The zero-order valence-corrected chi connectivity index (χ0v) is 9.84. The summed E-state index contributed by atoms with van der Waals surface area (Å²) in [6.45, 7) is 0. The fourth-order valence-corrected chi connectivity index (χ4v) is 0. The Morgan fingerprint density at radius 2 is 0.500 bits per heavy atom. The Morgan fingerprint density at radius 1 is 0.500 bits per heavy atom. The van der Waals surface area contributed by atoms with Crippen molar-refractivity contribution in [2.75, 3.05) is 0 Å². The fraction of sp³-hybridized carbons (Fsp3) is 0. The first-order valence-electron chi connectivity index (χ1n) is 1.63. The third kappa shape index (κ3) is 776. The van der Waals surface area contributed by atoms with Gasteiger partial charge in [0.25, 0.3) is 0 Å². The maximum atomic E-state index is 8.58. The van der Waals surface area contributed by atoms with Crippen LogP contribution in [-0.2, 0) is 18.6 Å². The second-order valence-corrected chi connectivity index (χ2v) is 3.00. The summed E-state index contributed by atoms with van der Waals surface area (Å²) in [5, 5.41) is 0. The zero-order chi connectivity index (χ0) is 9.00. The van der Waals surface area contributed by atoms with Gasteiger partial charge in [-0.3, -0.25) is 0 Å². The van der Waals surface area contributed by atoms with Gasteiger partial charge < -0.3 is 56.5 Å². The first-order valence-corrected chi connectivity index (χ1v) is 4.90. The van der Waals surface area contributed by atoms with Crippen molar-refractivity contribution in [3.05, 3.63) is 0 Å². The third-order valence-electron chi connectivity index (χ3n) is 0. The Bertz CT molecular complexity index is 60.0. The minimum absolute atomic E-state index is 0. The molecule has 0 aromatic carbocycles. The first-order chi connectivity index (χ1) is 4.00. The van der Waals surface area contributed by atoms with Gasteiger partial charge in [0.1, 0.15) is 0 Å². The van der Waals surface area contributed by atoms with E-state index in [-0.39, 0.29) is 35.9 Å². The van der Waals surface area contributed by atoms with Crippen LogP contribution in [0.4, 0.5) is 0 Å². The van der Waals surface area contributed by atoms with E-state index in [2.05, 4.69) is 0 Å². The Morgan fingerprint density at radius 3 is 0.500 bits per heavy atom. The maximum Gasteiger partial charge on any atom is 5.00 e. The Hall–Kier alpha value is 1.23. The molecule has 0 saturated heterocycles. The van der Waals surface area contributed by atoms with Gasteiger partial charge in [-0.05, 0) is 0 Å². The molecular weight excluding hydrogens is 262 g/mol. The molecule has 64 valence electrons. The maximum absolute atomic E-state index is 8.58. The standard InChI is InChI=1S/Al.2O4Si.V/c;2*1-5(2,3)4;/q+3;2*-4;+5. The molecule has 0 aliphatic carbocycles. The monoisotopic (exact) mass is 262 g/mol. The Labute approximate surface area is 92.4 Å². The van der Waals surface area contributed by atoms with E-state index >= 15 is 0 Å². The molecule has 12 heteroatoms. The van der Waals surface area contributed by atoms with Crippen molar-refractivity contribution in [1.29, 1.82) is 0 Å². The molecule has 0 unspecified atom stereocenters. The largest absolute Gasteiger partial charge is 5.00 e. The van der Waals surface area contributed by atoms with E-state index in [9.17, 15) is 0 Å². The summed E-state index contributed by atoms with van der Waals surface area (Å²) < 4.78 is 0. The van der Waals surface area contributed by atoms with Crippen LogP contribution in [0.25, 0.3) is 0 Å². The summed E-state index contributed by atoms with van der Waals surface area (Å²) in [5.74, 6) is 0. The van der Waals surface area contributed by atoms with Gasteiger partial charge in [0.05, 0.1) is 0 Å². The van der Waals surface area contributed by atoms with Crippen molar-refractivity contribution < 1.29 is 56.9 Å². The molecule has 0 N–H and O–H groups in total. The Balaban J connectivity index is -0.0000000457. The number of rotatable bonds is 0. The van der Waals surface area contributed by atoms with Gasteiger partial charge in [0, 0.05) is 0 Å². The molecule has 0 fully saturated rings. The molecule has 0 aliphatic heterocycles. The molecule has 0 saturated carbocycles. The van der Waals surface area contributed by atoms with Gasteiger partial charge in [-0.2, -0.15) is 0 Å². The second kappa shape index (κ2) is 8.81. The molecule has 0 amide bonds. The summed E-state index contributed by atoms with van der Waals surface area (Å²) in [5.41, 5.74) is 0. The molecule has 0 radical (unpaired) electrons. The Kier molecular flexibility index (Phi) is 17.1. The van der Waals surface area contributed by atoms with Gasteiger partial charge in [-0.25, -0.2) is 0 Å². The number of hydrogen-bond donors (Lipinski definition) is 0.